The zero-order chi connectivity index (χ0) is 45.7. The fourth-order valence-electron chi connectivity index (χ4n) is 5.37. The number of esters is 2. The summed E-state index contributed by atoms with van der Waals surface area (Å²) >= 11 is 0. The third-order valence-corrected chi connectivity index (χ3v) is 9.94. The number of quaternary nitrogens is 1. The van der Waals surface area contributed by atoms with Crippen molar-refractivity contribution in [2.75, 3.05) is 47.5 Å². The predicted molar refractivity (Wildman–Crippen MR) is 258 cm³/mol. The lowest BCUT2D eigenvalue weighted by atomic mass is 10.1. The van der Waals surface area contributed by atoms with Gasteiger partial charge in [0.05, 0.1) is 27.7 Å². The number of carbonyl (C=O) groups excluding carboxylic acids is 2. The summed E-state index contributed by atoms with van der Waals surface area (Å²) in [6, 6.07) is 0. The van der Waals surface area contributed by atoms with Gasteiger partial charge in [0, 0.05) is 12.8 Å². The highest BCUT2D eigenvalue weighted by Crippen LogP contribution is 2.38. The molecule has 0 aromatic rings. The second-order valence-corrected chi connectivity index (χ2v) is 17.4. The summed E-state index contributed by atoms with van der Waals surface area (Å²) in [5.74, 6) is -0.982. The molecule has 10 heteroatoms. The Bertz CT molecular complexity index is 1460. The van der Waals surface area contributed by atoms with E-state index in [4.69, 9.17) is 18.5 Å². The summed E-state index contributed by atoms with van der Waals surface area (Å²) in [4.78, 5) is 37.6. The standard InChI is InChI=1S/C52H84NO8P/c1-6-8-10-12-14-16-18-20-22-24-26-28-30-32-34-36-38-40-42-44-51(54)58-48-50(49-60-62(56,57)59-47-46-53(3,4)5)61-52(55)45-43-41-39-37-35-33-31-29-27-25-23-21-19-17-15-13-11-9-7-2/h9,11,14-17,20-23,26-29,32-35,39,41,50H,6-8,10,12-13,18-19,24-25,30-31,36-38,40,42-49H2,1-5H3/b11-9+,16-14+,17-15+,22-20+,23-21+,28-26+,29-27+,34-32+,35-33+,41-39+/t50-/m1/s1. The Morgan fingerprint density at radius 1 is 0.516 bits per heavy atom. The van der Waals surface area contributed by atoms with Crippen molar-refractivity contribution in [2.24, 2.45) is 0 Å². The number of ether oxygens (including phenoxy) is 2. The number of phosphoric ester groups is 1. The molecule has 0 radical (unpaired) electrons. The Morgan fingerprint density at radius 2 is 0.952 bits per heavy atom. The Labute approximate surface area is 378 Å². The first-order chi connectivity index (χ1) is 30.0. The number of hydrogen-bond donors (Lipinski definition) is 0. The fraction of sp³-hybridized carbons (Fsp3) is 0.577. The zero-order valence-corrected chi connectivity index (χ0v) is 40.1. The highest BCUT2D eigenvalue weighted by atomic mass is 31.2. The first-order valence-electron chi connectivity index (χ1n) is 23.2. The average Bonchev–Trinajstić information content (AvgIpc) is 3.23. The van der Waals surface area contributed by atoms with Gasteiger partial charge in [0.15, 0.2) is 6.10 Å². The lowest BCUT2D eigenvalue weighted by Crippen LogP contribution is -2.37. The summed E-state index contributed by atoms with van der Waals surface area (Å²) < 4.78 is 33.8. The van der Waals surface area contributed by atoms with Crippen molar-refractivity contribution in [2.45, 2.75) is 148 Å². The molecule has 1 unspecified atom stereocenters. The number of rotatable bonds is 40. The number of unbranched alkanes of at least 4 members (excludes halogenated alkanes) is 6. The topological polar surface area (TPSA) is 111 Å². The Hall–Kier alpha value is -3.59. The third-order valence-electron chi connectivity index (χ3n) is 8.98. The molecular weight excluding hydrogens is 798 g/mol. The highest BCUT2D eigenvalue weighted by molar-refractivity contribution is 7.45. The molecular formula is C52H84NO8P. The van der Waals surface area contributed by atoms with Crippen LogP contribution in [0.25, 0.3) is 0 Å². The minimum atomic E-state index is -4.67. The predicted octanol–water partition coefficient (Wildman–Crippen LogP) is 13.1. The van der Waals surface area contributed by atoms with Crippen LogP contribution >= 0.6 is 7.82 Å². The second kappa shape index (κ2) is 42.7. The van der Waals surface area contributed by atoms with Crippen molar-refractivity contribution in [3.63, 3.8) is 0 Å². The van der Waals surface area contributed by atoms with E-state index in [9.17, 15) is 19.0 Å². The molecule has 0 aliphatic carbocycles. The number of nitrogens with zero attached hydrogens (tertiary/aromatic N) is 1. The molecule has 0 heterocycles. The van der Waals surface area contributed by atoms with Crippen molar-refractivity contribution in [3.8, 4) is 0 Å². The van der Waals surface area contributed by atoms with Crippen LogP contribution in [-0.4, -0.2) is 70.0 Å². The van der Waals surface area contributed by atoms with Crippen LogP contribution in [0.4, 0.5) is 0 Å². The smallest absolute Gasteiger partial charge is 0.306 e. The van der Waals surface area contributed by atoms with E-state index < -0.39 is 32.5 Å². The van der Waals surface area contributed by atoms with Crippen molar-refractivity contribution in [1.82, 2.24) is 0 Å². The van der Waals surface area contributed by atoms with Gasteiger partial charge in [0.2, 0.25) is 0 Å². The maximum Gasteiger partial charge on any atom is 0.306 e. The molecule has 0 spiro atoms. The minimum absolute atomic E-state index is 0.0575. The van der Waals surface area contributed by atoms with E-state index in [1.165, 1.54) is 25.7 Å². The maximum atomic E-state index is 12.7. The maximum absolute atomic E-state index is 12.7. The summed E-state index contributed by atoms with van der Waals surface area (Å²) in [5, 5.41) is 0. The Kier molecular flexibility index (Phi) is 40.2. The number of phosphoric acid groups is 1. The molecule has 0 fully saturated rings. The summed E-state index contributed by atoms with van der Waals surface area (Å²) in [6.45, 7) is 3.93. The van der Waals surface area contributed by atoms with E-state index in [-0.39, 0.29) is 26.1 Å². The van der Waals surface area contributed by atoms with E-state index in [1.807, 2.05) is 33.3 Å². The third kappa shape index (κ3) is 45.9. The van der Waals surface area contributed by atoms with E-state index in [1.54, 1.807) is 0 Å². The molecule has 0 aliphatic rings. The first-order valence-corrected chi connectivity index (χ1v) is 24.7. The SMILES string of the molecule is CC/C=C/C/C=C/C/C=C/C/C=C/C/C=C/C/C=C/CCC(=O)O[C@H](COC(=O)CCCCC/C=C/C/C=C/C/C=C/C/C=C/CCCCC)COP(=O)([O-])OCC[N+](C)(C)C. The molecule has 0 N–H and O–H groups in total. The van der Waals surface area contributed by atoms with E-state index >= 15 is 0 Å². The largest absolute Gasteiger partial charge is 0.756 e. The molecule has 0 aliphatic heterocycles. The van der Waals surface area contributed by atoms with Crippen LogP contribution < -0.4 is 4.89 Å². The van der Waals surface area contributed by atoms with Gasteiger partial charge in [-0.15, -0.1) is 0 Å². The highest BCUT2D eigenvalue weighted by Gasteiger charge is 2.21. The molecule has 0 bridgehead atoms. The minimum Gasteiger partial charge on any atom is -0.756 e. The van der Waals surface area contributed by atoms with Gasteiger partial charge in [-0.05, 0) is 96.3 Å². The van der Waals surface area contributed by atoms with Crippen LogP contribution in [0.2, 0.25) is 0 Å². The first kappa shape index (κ1) is 58.4. The Morgan fingerprint density at radius 3 is 1.40 bits per heavy atom. The average molecular weight is 882 g/mol. The quantitative estimate of drug-likeness (QED) is 0.0197. The second-order valence-electron chi connectivity index (χ2n) is 16.0. The van der Waals surface area contributed by atoms with Crippen LogP contribution in [0.15, 0.2) is 122 Å². The van der Waals surface area contributed by atoms with Gasteiger partial charge in [-0.3, -0.25) is 14.2 Å². The van der Waals surface area contributed by atoms with Gasteiger partial charge in [-0.25, -0.2) is 0 Å². The van der Waals surface area contributed by atoms with Crippen molar-refractivity contribution < 1.29 is 42.1 Å². The van der Waals surface area contributed by atoms with Crippen molar-refractivity contribution in [3.05, 3.63) is 122 Å². The van der Waals surface area contributed by atoms with Crippen LogP contribution in [0, 0.1) is 0 Å². The number of carbonyl (C=O) groups is 2. The lowest BCUT2D eigenvalue weighted by molar-refractivity contribution is -0.870. The monoisotopic (exact) mass is 882 g/mol. The summed E-state index contributed by atoms with van der Waals surface area (Å²) in [6.07, 6.45) is 59.6. The van der Waals surface area contributed by atoms with E-state index in [2.05, 4.69) is 123 Å². The molecule has 0 aromatic carbocycles. The zero-order valence-electron chi connectivity index (χ0n) is 39.3. The van der Waals surface area contributed by atoms with Gasteiger partial charge in [0.25, 0.3) is 7.82 Å². The summed E-state index contributed by atoms with van der Waals surface area (Å²) in [7, 11) is 1.08. The molecule has 0 saturated heterocycles. The van der Waals surface area contributed by atoms with Crippen molar-refractivity contribution >= 4 is 19.8 Å². The van der Waals surface area contributed by atoms with Crippen LogP contribution in [0.1, 0.15) is 142 Å². The van der Waals surface area contributed by atoms with Gasteiger partial charge < -0.3 is 27.9 Å². The summed E-state index contributed by atoms with van der Waals surface area (Å²) in [5.41, 5.74) is 0. The molecule has 350 valence electrons. The van der Waals surface area contributed by atoms with Gasteiger partial charge in [0.1, 0.15) is 19.8 Å². The molecule has 0 saturated carbocycles. The van der Waals surface area contributed by atoms with Gasteiger partial charge >= 0.3 is 11.9 Å². The van der Waals surface area contributed by atoms with Gasteiger partial charge in [-0.2, -0.15) is 0 Å². The number of allylic oxidation sites excluding steroid dienone is 20. The van der Waals surface area contributed by atoms with E-state index in [0.29, 0.717) is 23.9 Å². The number of likely N-dealkylation sites (N-methyl/N-ethyl adjacent to an activating group) is 1. The molecule has 62 heavy (non-hydrogen) atoms. The van der Waals surface area contributed by atoms with Gasteiger partial charge in [-0.1, -0.05) is 155 Å². The van der Waals surface area contributed by atoms with Crippen molar-refractivity contribution in [1.29, 1.82) is 0 Å². The molecule has 2 atom stereocenters. The number of hydrogen-bond acceptors (Lipinski definition) is 8. The van der Waals surface area contributed by atoms with Crippen LogP contribution in [0.5, 0.6) is 0 Å². The fourth-order valence-corrected chi connectivity index (χ4v) is 6.10. The normalized spacial score (nSPS) is 14.6. The molecule has 0 amide bonds. The molecule has 0 rings (SSSR count). The molecule has 9 nitrogen and oxygen atoms in total. The molecule has 0 aromatic heterocycles. The van der Waals surface area contributed by atoms with Crippen LogP contribution in [-0.2, 0) is 32.7 Å². The van der Waals surface area contributed by atoms with Crippen LogP contribution in [0.3, 0.4) is 0 Å². The van der Waals surface area contributed by atoms with E-state index in [0.717, 1.165) is 77.0 Å². The lowest BCUT2D eigenvalue weighted by Gasteiger charge is -2.28. The Balaban J connectivity index is 4.55.